The quantitative estimate of drug-likeness (QED) is 0.525. The Balaban J connectivity index is 1.49. The molecule has 2 N–H and O–H groups in total. The molecule has 166 valence electrons. The first-order valence-electron chi connectivity index (χ1n) is 11.3. The maximum Gasteiger partial charge on any atom is 0.225 e. The number of thioether (sulfide) groups is 1. The molecule has 1 heterocycles. The fraction of sp³-hybridized carbons (Fsp3) is 0.909. The summed E-state index contributed by atoms with van der Waals surface area (Å²) in [5.41, 5.74) is -0.0396. The van der Waals surface area contributed by atoms with E-state index in [1.54, 1.807) is 7.11 Å². The minimum Gasteiger partial charge on any atom is -0.378 e. The smallest absolute Gasteiger partial charge is 0.225 e. The molecule has 3 rings (SSSR count). The lowest BCUT2D eigenvalue weighted by Crippen LogP contribution is -2.69. The number of rotatable bonds is 5. The van der Waals surface area contributed by atoms with Crippen LogP contribution in [0, 0.1) is 11.3 Å². The van der Waals surface area contributed by atoms with Gasteiger partial charge in [0.2, 0.25) is 5.91 Å². The van der Waals surface area contributed by atoms with E-state index in [1.165, 1.54) is 0 Å². The summed E-state index contributed by atoms with van der Waals surface area (Å²) < 4.78 is 5.76. The molecule has 0 spiro atoms. The van der Waals surface area contributed by atoms with E-state index >= 15 is 0 Å². The predicted molar refractivity (Wildman–Crippen MR) is 121 cm³/mol. The zero-order valence-electron chi connectivity index (χ0n) is 18.9. The molecule has 0 radical (unpaired) electrons. The lowest BCUT2D eigenvalue weighted by molar-refractivity contribution is -0.176. The van der Waals surface area contributed by atoms with Crippen LogP contribution >= 0.6 is 11.8 Å². The van der Waals surface area contributed by atoms with E-state index in [4.69, 9.17) is 4.74 Å². The van der Waals surface area contributed by atoms with Crippen molar-refractivity contribution in [2.75, 3.05) is 38.2 Å². The summed E-state index contributed by atoms with van der Waals surface area (Å²) >= 11 is 1.95. The minimum absolute atomic E-state index is 0.0503. The van der Waals surface area contributed by atoms with E-state index in [2.05, 4.69) is 48.2 Å². The van der Waals surface area contributed by atoms with Crippen molar-refractivity contribution in [3.8, 4) is 0 Å². The van der Waals surface area contributed by atoms with E-state index < -0.39 is 0 Å². The van der Waals surface area contributed by atoms with Gasteiger partial charge in [-0.3, -0.25) is 9.79 Å². The summed E-state index contributed by atoms with van der Waals surface area (Å²) in [5, 5.41) is 7.30. The molecule has 1 aliphatic heterocycles. The van der Waals surface area contributed by atoms with Crippen molar-refractivity contribution in [2.24, 2.45) is 16.3 Å². The normalized spacial score (nSPS) is 35.0. The van der Waals surface area contributed by atoms with Crippen LogP contribution in [-0.2, 0) is 9.53 Å². The molecule has 2 unspecified atom stereocenters. The molecule has 2 saturated carbocycles. The number of carbonyl (C=O) groups is 1. The van der Waals surface area contributed by atoms with Crippen molar-refractivity contribution in [3.63, 3.8) is 0 Å². The van der Waals surface area contributed by atoms with Crippen molar-refractivity contribution in [3.05, 3.63) is 0 Å². The van der Waals surface area contributed by atoms with Crippen LogP contribution in [0.1, 0.15) is 59.8 Å². The average molecular weight is 425 g/mol. The number of amides is 1. The second-order valence-corrected chi connectivity index (χ2v) is 10.7. The van der Waals surface area contributed by atoms with Gasteiger partial charge in [0.05, 0.1) is 5.60 Å². The Labute approximate surface area is 181 Å². The van der Waals surface area contributed by atoms with E-state index in [-0.39, 0.29) is 16.9 Å². The highest BCUT2D eigenvalue weighted by atomic mass is 32.2. The second kappa shape index (κ2) is 9.46. The van der Waals surface area contributed by atoms with Gasteiger partial charge in [-0.25, -0.2) is 0 Å². The van der Waals surface area contributed by atoms with Crippen LogP contribution in [-0.4, -0.2) is 72.7 Å². The molecule has 3 fully saturated rings. The van der Waals surface area contributed by atoms with Gasteiger partial charge in [0.1, 0.15) is 0 Å². The average Bonchev–Trinajstić information content (AvgIpc) is 2.74. The number of nitrogens with one attached hydrogen (secondary N) is 2. The molecule has 2 aliphatic carbocycles. The topological polar surface area (TPSA) is 66.0 Å². The maximum absolute atomic E-state index is 12.8. The molecule has 1 saturated heterocycles. The molecule has 7 heteroatoms. The number of hydrogen-bond donors (Lipinski definition) is 2. The van der Waals surface area contributed by atoms with Crippen molar-refractivity contribution in [1.29, 1.82) is 0 Å². The van der Waals surface area contributed by atoms with Gasteiger partial charge in [0.25, 0.3) is 0 Å². The van der Waals surface area contributed by atoms with Gasteiger partial charge in [-0.15, -0.1) is 0 Å². The maximum atomic E-state index is 12.8. The molecule has 0 aromatic heterocycles. The molecular weight excluding hydrogens is 384 g/mol. The third-order valence-corrected chi connectivity index (χ3v) is 8.59. The van der Waals surface area contributed by atoms with Crippen molar-refractivity contribution in [1.82, 2.24) is 15.5 Å². The zero-order chi connectivity index (χ0) is 21.1. The van der Waals surface area contributed by atoms with Crippen LogP contribution in [0.15, 0.2) is 4.99 Å². The van der Waals surface area contributed by atoms with E-state index in [0.717, 1.165) is 69.2 Å². The van der Waals surface area contributed by atoms with Gasteiger partial charge in [0, 0.05) is 61.7 Å². The Bertz CT molecular complexity index is 598. The highest BCUT2D eigenvalue weighted by Crippen LogP contribution is 2.51. The standard InChI is InChI=1S/C22H40N4O2S/c1-6-23-20(25-18-15-22(4,28-5)21(18,2)3)24-17-9-7-16(8-10-17)19(27)26-11-13-29-14-12-26/h16-18H,6-15H2,1-5H3,(H2,23,24,25). The molecule has 0 bridgehead atoms. The van der Waals surface area contributed by atoms with E-state index in [9.17, 15) is 4.79 Å². The Hall–Kier alpha value is -0.950. The summed E-state index contributed by atoms with van der Waals surface area (Å²) in [6.45, 7) is 11.4. The molecule has 6 nitrogen and oxygen atoms in total. The monoisotopic (exact) mass is 424 g/mol. The summed E-state index contributed by atoms with van der Waals surface area (Å²) in [6, 6.07) is 0.742. The number of hydrogen-bond acceptors (Lipinski definition) is 4. The van der Waals surface area contributed by atoms with Gasteiger partial charge in [-0.1, -0.05) is 13.8 Å². The molecule has 29 heavy (non-hydrogen) atoms. The summed E-state index contributed by atoms with van der Waals surface area (Å²) in [7, 11) is 1.81. The van der Waals surface area contributed by atoms with Gasteiger partial charge < -0.3 is 20.3 Å². The Morgan fingerprint density at radius 2 is 1.79 bits per heavy atom. The third-order valence-electron chi connectivity index (χ3n) is 7.65. The van der Waals surface area contributed by atoms with Crippen LogP contribution in [0.2, 0.25) is 0 Å². The van der Waals surface area contributed by atoms with Crippen LogP contribution < -0.4 is 10.6 Å². The number of nitrogens with zero attached hydrogens (tertiary/aromatic N) is 2. The second-order valence-electron chi connectivity index (χ2n) is 9.51. The largest absolute Gasteiger partial charge is 0.378 e. The highest BCUT2D eigenvalue weighted by Gasteiger charge is 2.58. The fourth-order valence-electron chi connectivity index (χ4n) is 4.90. The van der Waals surface area contributed by atoms with Gasteiger partial charge >= 0.3 is 0 Å². The van der Waals surface area contributed by atoms with Crippen LogP contribution in [0.25, 0.3) is 0 Å². The summed E-state index contributed by atoms with van der Waals surface area (Å²) in [4.78, 5) is 19.6. The number of carbonyl (C=O) groups excluding carboxylic acids is 1. The fourth-order valence-corrected chi connectivity index (χ4v) is 5.80. The van der Waals surface area contributed by atoms with E-state index in [1.807, 2.05) is 11.8 Å². The summed E-state index contributed by atoms with van der Waals surface area (Å²) in [5.74, 6) is 3.69. The van der Waals surface area contributed by atoms with Crippen molar-refractivity contribution < 1.29 is 9.53 Å². The molecule has 0 aromatic rings. The number of aliphatic imine (C=N–C) groups is 1. The first kappa shape index (κ1) is 22.7. The van der Waals surface area contributed by atoms with Gasteiger partial charge in [-0.05, 0) is 46.0 Å². The predicted octanol–water partition coefficient (Wildman–Crippen LogP) is 2.88. The molecule has 1 amide bonds. The first-order chi connectivity index (χ1) is 13.8. The van der Waals surface area contributed by atoms with Crippen LogP contribution in [0.4, 0.5) is 0 Å². The number of methoxy groups -OCH3 is 1. The lowest BCUT2D eigenvalue weighted by Gasteiger charge is -2.59. The molecule has 3 aliphatic rings. The number of ether oxygens (including phenoxy) is 1. The molecular formula is C22H40N4O2S. The zero-order valence-corrected chi connectivity index (χ0v) is 19.7. The number of guanidine groups is 1. The van der Waals surface area contributed by atoms with Crippen molar-refractivity contribution in [2.45, 2.75) is 77.5 Å². The molecule has 0 aromatic carbocycles. The Morgan fingerprint density at radius 1 is 1.14 bits per heavy atom. The Kier molecular flexibility index (Phi) is 7.41. The first-order valence-corrected chi connectivity index (χ1v) is 12.5. The van der Waals surface area contributed by atoms with Gasteiger partial charge in [0.15, 0.2) is 5.96 Å². The third kappa shape index (κ3) is 4.87. The highest BCUT2D eigenvalue weighted by molar-refractivity contribution is 7.99. The van der Waals surface area contributed by atoms with Crippen molar-refractivity contribution >= 4 is 23.6 Å². The van der Waals surface area contributed by atoms with Crippen LogP contribution in [0.3, 0.4) is 0 Å². The molecule has 2 atom stereocenters. The van der Waals surface area contributed by atoms with Crippen LogP contribution in [0.5, 0.6) is 0 Å². The summed E-state index contributed by atoms with van der Waals surface area (Å²) in [6.07, 6.45) is 5.02. The van der Waals surface area contributed by atoms with Gasteiger partial charge in [-0.2, -0.15) is 11.8 Å². The van der Waals surface area contributed by atoms with E-state index in [0.29, 0.717) is 18.0 Å². The SMILES string of the molecule is CCN=C(NC1CCC(C(=O)N2CCSCC2)CC1)NC1CC(C)(OC)C1(C)C. The Morgan fingerprint density at radius 3 is 2.34 bits per heavy atom. The lowest BCUT2D eigenvalue weighted by atomic mass is 9.56. The minimum atomic E-state index is -0.0899.